The second kappa shape index (κ2) is 8.25. The summed E-state index contributed by atoms with van der Waals surface area (Å²) in [7, 11) is 0. The van der Waals surface area contributed by atoms with Gasteiger partial charge in [0.25, 0.3) is 0 Å². The molecule has 0 amide bonds. The van der Waals surface area contributed by atoms with Gasteiger partial charge in [0.1, 0.15) is 0 Å². The van der Waals surface area contributed by atoms with Crippen LogP contribution in [0.15, 0.2) is 24.5 Å². The number of nitrogens with zero attached hydrogens (tertiary/aromatic N) is 2. The first-order valence-corrected chi connectivity index (χ1v) is 6.18. The maximum Gasteiger partial charge on any atom is 0.0271 e. The van der Waals surface area contributed by atoms with Crippen molar-refractivity contribution >= 4 is 0 Å². The van der Waals surface area contributed by atoms with E-state index in [-0.39, 0.29) is 0 Å². The van der Waals surface area contributed by atoms with E-state index >= 15 is 0 Å². The topological polar surface area (TPSA) is 28.2 Å². The lowest BCUT2D eigenvalue weighted by Gasteiger charge is -2.19. The Bertz CT molecular complexity index is 261. The van der Waals surface area contributed by atoms with Crippen molar-refractivity contribution in [3.63, 3.8) is 0 Å². The number of aromatic nitrogens is 1. The first kappa shape index (κ1) is 13.1. The summed E-state index contributed by atoms with van der Waals surface area (Å²) in [4.78, 5) is 6.48. The Morgan fingerprint density at radius 3 is 2.56 bits per heavy atom. The Morgan fingerprint density at radius 1 is 1.19 bits per heavy atom. The van der Waals surface area contributed by atoms with Crippen LogP contribution in [0.3, 0.4) is 0 Å². The maximum absolute atomic E-state index is 4.00. The molecule has 1 heterocycles. The third kappa shape index (κ3) is 5.24. The Balaban J connectivity index is 2.11. The molecule has 0 aliphatic rings. The van der Waals surface area contributed by atoms with Gasteiger partial charge in [0.2, 0.25) is 0 Å². The molecule has 0 atom stereocenters. The minimum Gasteiger partial charge on any atom is -0.311 e. The van der Waals surface area contributed by atoms with E-state index in [4.69, 9.17) is 0 Å². The molecule has 0 saturated carbocycles. The minimum absolute atomic E-state index is 0.937. The third-order valence-electron chi connectivity index (χ3n) is 2.67. The van der Waals surface area contributed by atoms with Gasteiger partial charge < -0.3 is 10.2 Å². The van der Waals surface area contributed by atoms with Gasteiger partial charge in [0, 0.05) is 32.0 Å². The lowest BCUT2D eigenvalue weighted by atomic mass is 10.3. The average Bonchev–Trinajstić information content (AvgIpc) is 2.34. The Labute approximate surface area is 98.9 Å². The van der Waals surface area contributed by atoms with Gasteiger partial charge in [-0.3, -0.25) is 4.98 Å². The van der Waals surface area contributed by atoms with Crippen molar-refractivity contribution in [2.24, 2.45) is 0 Å². The summed E-state index contributed by atoms with van der Waals surface area (Å²) in [6.07, 6.45) is 4.91. The van der Waals surface area contributed by atoms with Crippen LogP contribution in [0, 0.1) is 0 Å². The zero-order chi connectivity index (χ0) is 11.6. The van der Waals surface area contributed by atoms with Crippen LogP contribution in [0.25, 0.3) is 0 Å². The zero-order valence-electron chi connectivity index (χ0n) is 10.4. The van der Waals surface area contributed by atoms with Crippen LogP contribution in [-0.4, -0.2) is 36.1 Å². The van der Waals surface area contributed by atoms with Gasteiger partial charge in [-0.15, -0.1) is 0 Å². The van der Waals surface area contributed by atoms with E-state index in [1.807, 2.05) is 12.4 Å². The highest BCUT2D eigenvalue weighted by atomic mass is 15.1. The highest BCUT2D eigenvalue weighted by molar-refractivity contribution is 5.08. The lowest BCUT2D eigenvalue weighted by Crippen LogP contribution is -2.32. The number of rotatable bonds is 8. The molecule has 0 unspecified atom stereocenters. The summed E-state index contributed by atoms with van der Waals surface area (Å²) in [5, 5.41) is 3.46. The highest BCUT2D eigenvalue weighted by Gasteiger charge is 1.99. The van der Waals surface area contributed by atoms with E-state index in [0.29, 0.717) is 0 Å². The summed E-state index contributed by atoms with van der Waals surface area (Å²) in [6, 6.07) is 4.10. The average molecular weight is 221 g/mol. The molecule has 1 aromatic rings. The number of hydrogen-bond donors (Lipinski definition) is 1. The van der Waals surface area contributed by atoms with E-state index in [9.17, 15) is 0 Å². The fourth-order valence-electron chi connectivity index (χ4n) is 1.71. The molecule has 0 saturated heterocycles. The molecule has 0 aliphatic heterocycles. The Kier molecular flexibility index (Phi) is 6.77. The van der Waals surface area contributed by atoms with Crippen LogP contribution in [0.2, 0.25) is 0 Å². The van der Waals surface area contributed by atoms with Crippen LogP contribution in [0.4, 0.5) is 0 Å². The summed E-state index contributed by atoms with van der Waals surface area (Å²) in [6.45, 7) is 9.92. The van der Waals surface area contributed by atoms with Gasteiger partial charge in [0.05, 0.1) is 0 Å². The number of likely N-dealkylation sites (N-methyl/N-ethyl adjacent to an activating group) is 1. The zero-order valence-corrected chi connectivity index (χ0v) is 10.4. The van der Waals surface area contributed by atoms with Crippen LogP contribution in [-0.2, 0) is 6.54 Å². The molecule has 3 heteroatoms. The largest absolute Gasteiger partial charge is 0.311 e. The standard InChI is InChI=1S/C13H23N3/c1-3-10-16(4-2)11-9-15-12-13-5-7-14-8-6-13/h5-8,15H,3-4,9-12H2,1-2H3. The highest BCUT2D eigenvalue weighted by Crippen LogP contribution is 1.95. The monoisotopic (exact) mass is 221 g/mol. The first-order chi connectivity index (χ1) is 7.86. The number of nitrogens with one attached hydrogen (secondary N) is 1. The summed E-state index contributed by atoms with van der Waals surface area (Å²) >= 11 is 0. The molecule has 0 radical (unpaired) electrons. The molecule has 1 rings (SSSR count). The molecule has 1 N–H and O–H groups in total. The molecule has 3 nitrogen and oxygen atoms in total. The van der Waals surface area contributed by atoms with E-state index in [2.05, 4.69) is 41.2 Å². The number of hydrogen-bond acceptors (Lipinski definition) is 3. The molecular formula is C13H23N3. The molecular weight excluding hydrogens is 198 g/mol. The molecule has 0 aliphatic carbocycles. The first-order valence-electron chi connectivity index (χ1n) is 6.18. The van der Waals surface area contributed by atoms with Crippen molar-refractivity contribution < 1.29 is 0 Å². The maximum atomic E-state index is 4.00. The van der Waals surface area contributed by atoms with E-state index < -0.39 is 0 Å². The van der Waals surface area contributed by atoms with E-state index in [1.54, 1.807) is 0 Å². The second-order valence-corrected chi connectivity index (χ2v) is 3.97. The van der Waals surface area contributed by atoms with Gasteiger partial charge in [-0.05, 0) is 37.2 Å². The molecule has 90 valence electrons. The second-order valence-electron chi connectivity index (χ2n) is 3.97. The van der Waals surface area contributed by atoms with Crippen LogP contribution < -0.4 is 5.32 Å². The minimum atomic E-state index is 0.937. The van der Waals surface area contributed by atoms with Crippen molar-refractivity contribution in [2.75, 3.05) is 26.2 Å². The van der Waals surface area contributed by atoms with E-state index in [0.717, 1.165) is 26.2 Å². The van der Waals surface area contributed by atoms with Gasteiger partial charge in [0.15, 0.2) is 0 Å². The quantitative estimate of drug-likeness (QED) is 0.680. The Hall–Kier alpha value is -0.930. The predicted molar refractivity (Wildman–Crippen MR) is 68.3 cm³/mol. The fourth-order valence-corrected chi connectivity index (χ4v) is 1.71. The van der Waals surface area contributed by atoms with Gasteiger partial charge >= 0.3 is 0 Å². The van der Waals surface area contributed by atoms with Gasteiger partial charge in [-0.2, -0.15) is 0 Å². The van der Waals surface area contributed by atoms with Crippen LogP contribution in [0.1, 0.15) is 25.8 Å². The molecule has 0 bridgehead atoms. The fraction of sp³-hybridized carbons (Fsp3) is 0.615. The molecule has 16 heavy (non-hydrogen) atoms. The van der Waals surface area contributed by atoms with Crippen molar-refractivity contribution in [2.45, 2.75) is 26.8 Å². The normalized spacial score (nSPS) is 10.9. The molecule has 1 aromatic heterocycles. The molecule has 0 aromatic carbocycles. The summed E-state index contributed by atoms with van der Waals surface area (Å²) in [5.74, 6) is 0. The lowest BCUT2D eigenvalue weighted by molar-refractivity contribution is 0.287. The number of pyridine rings is 1. The van der Waals surface area contributed by atoms with Crippen molar-refractivity contribution in [1.29, 1.82) is 0 Å². The summed E-state index contributed by atoms with van der Waals surface area (Å²) in [5.41, 5.74) is 1.30. The third-order valence-corrected chi connectivity index (χ3v) is 2.67. The smallest absolute Gasteiger partial charge is 0.0271 e. The van der Waals surface area contributed by atoms with Gasteiger partial charge in [-0.1, -0.05) is 13.8 Å². The van der Waals surface area contributed by atoms with Crippen molar-refractivity contribution in [3.05, 3.63) is 30.1 Å². The van der Waals surface area contributed by atoms with Crippen molar-refractivity contribution in [3.8, 4) is 0 Å². The molecule has 0 fully saturated rings. The van der Waals surface area contributed by atoms with Crippen molar-refractivity contribution in [1.82, 2.24) is 15.2 Å². The van der Waals surface area contributed by atoms with Gasteiger partial charge in [-0.25, -0.2) is 0 Å². The molecule has 0 spiro atoms. The van der Waals surface area contributed by atoms with Crippen LogP contribution in [0.5, 0.6) is 0 Å². The van der Waals surface area contributed by atoms with E-state index in [1.165, 1.54) is 18.5 Å². The predicted octanol–water partition coefficient (Wildman–Crippen LogP) is 1.90. The SMILES string of the molecule is CCCN(CC)CCNCc1ccncc1. The summed E-state index contributed by atoms with van der Waals surface area (Å²) < 4.78 is 0. The Morgan fingerprint density at radius 2 is 1.94 bits per heavy atom. The van der Waals surface area contributed by atoms with Crippen LogP contribution >= 0.6 is 0 Å².